The van der Waals surface area contributed by atoms with E-state index in [0.29, 0.717) is 18.7 Å². The van der Waals surface area contributed by atoms with Gasteiger partial charge in [-0.05, 0) is 41.6 Å². The number of thiophene rings is 1. The molecule has 0 bridgehead atoms. The van der Waals surface area contributed by atoms with Crippen LogP contribution in [0.25, 0.3) is 21.7 Å². The first-order chi connectivity index (χ1) is 11.6. The third-order valence-corrected chi connectivity index (χ3v) is 5.27. The molecule has 0 saturated carbocycles. The van der Waals surface area contributed by atoms with Crippen molar-refractivity contribution < 1.29 is 19.7 Å². The number of methoxy groups -OCH3 is 1. The molecule has 2 aromatic heterocycles. The molecule has 6 heteroatoms. The minimum atomic E-state index is -0.944. The van der Waals surface area contributed by atoms with Gasteiger partial charge in [0.05, 0.1) is 12.8 Å². The summed E-state index contributed by atoms with van der Waals surface area (Å²) >= 11 is 1.57. The molecule has 1 aliphatic rings. The Morgan fingerprint density at radius 2 is 2.12 bits per heavy atom. The average molecular weight is 341 g/mol. The number of phenolic OH excluding ortho intramolecular Hbond substituents is 1. The van der Waals surface area contributed by atoms with Gasteiger partial charge < -0.3 is 19.5 Å². The van der Waals surface area contributed by atoms with Gasteiger partial charge in [-0.2, -0.15) is 0 Å². The Kier molecular flexibility index (Phi) is 3.35. The molecule has 0 amide bonds. The van der Waals surface area contributed by atoms with Gasteiger partial charge in [0.15, 0.2) is 11.5 Å². The minimum absolute atomic E-state index is 0.0555. The Labute approximate surface area is 142 Å². The number of hydrogen-bond acceptors (Lipinski definition) is 4. The third kappa shape index (κ3) is 2.11. The number of carbonyl (C=O) groups is 1. The van der Waals surface area contributed by atoms with Gasteiger partial charge in [-0.3, -0.25) is 0 Å². The number of aromatic nitrogens is 1. The van der Waals surface area contributed by atoms with E-state index in [1.807, 2.05) is 28.1 Å². The molecule has 122 valence electrons. The maximum absolute atomic E-state index is 11.6. The van der Waals surface area contributed by atoms with Gasteiger partial charge in [0.25, 0.3) is 0 Å². The smallest absolute Gasteiger partial charge is 0.352 e. The van der Waals surface area contributed by atoms with Crippen molar-refractivity contribution in [3.05, 3.63) is 47.0 Å². The maximum atomic E-state index is 11.6. The van der Waals surface area contributed by atoms with Crippen molar-refractivity contribution in [1.29, 1.82) is 0 Å². The SMILES string of the molecule is COc1cc2c(cc1O)-c1c(-c3cccs3)cc(C(=O)O)n1CC2. The van der Waals surface area contributed by atoms with Crippen LogP contribution in [0.3, 0.4) is 0 Å². The van der Waals surface area contributed by atoms with Crippen LogP contribution < -0.4 is 4.74 Å². The monoisotopic (exact) mass is 341 g/mol. The molecule has 0 saturated heterocycles. The number of carboxylic acids is 1. The highest BCUT2D eigenvalue weighted by Gasteiger charge is 2.27. The molecule has 3 heterocycles. The van der Waals surface area contributed by atoms with E-state index in [-0.39, 0.29) is 11.4 Å². The summed E-state index contributed by atoms with van der Waals surface area (Å²) in [6.07, 6.45) is 0.692. The molecule has 2 N–H and O–H groups in total. The van der Waals surface area contributed by atoms with Crippen molar-refractivity contribution in [2.75, 3.05) is 7.11 Å². The Hall–Kier alpha value is -2.73. The van der Waals surface area contributed by atoms with Crippen LogP contribution in [-0.4, -0.2) is 27.9 Å². The summed E-state index contributed by atoms with van der Waals surface area (Å²) in [5.74, 6) is -0.454. The fourth-order valence-corrected chi connectivity index (χ4v) is 4.05. The lowest BCUT2D eigenvalue weighted by molar-refractivity contribution is 0.0685. The van der Waals surface area contributed by atoms with Gasteiger partial charge in [0.1, 0.15) is 5.69 Å². The molecule has 0 aliphatic carbocycles. The fraction of sp³-hybridized carbons (Fsp3) is 0.167. The van der Waals surface area contributed by atoms with Crippen molar-refractivity contribution in [3.8, 4) is 33.2 Å². The summed E-state index contributed by atoms with van der Waals surface area (Å²) in [5.41, 5.74) is 3.90. The van der Waals surface area contributed by atoms with Crippen molar-refractivity contribution in [3.63, 3.8) is 0 Å². The molecule has 0 spiro atoms. The Bertz CT molecular complexity index is 941. The number of phenols is 1. The van der Waals surface area contributed by atoms with E-state index in [1.54, 1.807) is 23.5 Å². The molecular weight excluding hydrogens is 326 g/mol. The van der Waals surface area contributed by atoms with Crippen LogP contribution in [0.15, 0.2) is 35.7 Å². The van der Waals surface area contributed by atoms with Gasteiger partial charge in [-0.1, -0.05) is 6.07 Å². The summed E-state index contributed by atoms with van der Waals surface area (Å²) in [5, 5.41) is 21.7. The summed E-state index contributed by atoms with van der Waals surface area (Å²) in [6, 6.07) is 9.14. The zero-order valence-corrected chi connectivity index (χ0v) is 13.8. The second kappa shape index (κ2) is 5.42. The number of carboxylic acid groups (broad SMARTS) is 1. The first-order valence-electron chi connectivity index (χ1n) is 7.51. The molecule has 1 aliphatic heterocycles. The van der Waals surface area contributed by atoms with Gasteiger partial charge in [0.2, 0.25) is 0 Å². The summed E-state index contributed by atoms with van der Waals surface area (Å²) in [4.78, 5) is 12.7. The maximum Gasteiger partial charge on any atom is 0.352 e. The van der Waals surface area contributed by atoms with Crippen molar-refractivity contribution >= 4 is 17.3 Å². The van der Waals surface area contributed by atoms with Gasteiger partial charge in [0, 0.05) is 22.5 Å². The molecule has 3 aromatic rings. The number of aromatic carboxylic acids is 1. The highest BCUT2D eigenvalue weighted by Crippen LogP contribution is 2.44. The van der Waals surface area contributed by atoms with Crippen LogP contribution >= 0.6 is 11.3 Å². The zero-order chi connectivity index (χ0) is 16.8. The van der Waals surface area contributed by atoms with E-state index in [1.165, 1.54) is 7.11 Å². The van der Waals surface area contributed by atoms with Crippen LogP contribution in [0.4, 0.5) is 0 Å². The minimum Gasteiger partial charge on any atom is -0.504 e. The predicted octanol–water partition coefficient (Wildman–Crippen LogP) is 3.85. The molecule has 0 unspecified atom stereocenters. The molecule has 24 heavy (non-hydrogen) atoms. The van der Waals surface area contributed by atoms with Gasteiger partial charge in [-0.15, -0.1) is 11.3 Å². The van der Waals surface area contributed by atoms with Crippen LogP contribution in [0.2, 0.25) is 0 Å². The lowest BCUT2D eigenvalue weighted by Crippen LogP contribution is -2.16. The van der Waals surface area contributed by atoms with Crippen LogP contribution in [0.5, 0.6) is 11.5 Å². The van der Waals surface area contributed by atoms with Crippen LogP contribution in [0.1, 0.15) is 16.1 Å². The first-order valence-corrected chi connectivity index (χ1v) is 8.39. The molecule has 0 atom stereocenters. The number of fused-ring (bicyclic) bond motifs is 3. The Morgan fingerprint density at radius 1 is 1.29 bits per heavy atom. The number of rotatable bonds is 3. The van der Waals surface area contributed by atoms with Crippen molar-refractivity contribution in [2.45, 2.75) is 13.0 Å². The Morgan fingerprint density at radius 3 is 2.79 bits per heavy atom. The molecule has 1 aromatic carbocycles. The number of nitrogens with zero attached hydrogens (tertiary/aromatic N) is 1. The van der Waals surface area contributed by atoms with E-state index in [2.05, 4.69) is 0 Å². The molecule has 0 radical (unpaired) electrons. The van der Waals surface area contributed by atoms with E-state index in [0.717, 1.165) is 27.3 Å². The van der Waals surface area contributed by atoms with Crippen LogP contribution in [0, 0.1) is 0 Å². The molecule has 5 nitrogen and oxygen atoms in total. The average Bonchev–Trinajstić information content (AvgIpc) is 3.21. The molecule has 0 fully saturated rings. The largest absolute Gasteiger partial charge is 0.504 e. The molecule has 4 rings (SSSR count). The van der Waals surface area contributed by atoms with Crippen LogP contribution in [-0.2, 0) is 13.0 Å². The fourth-order valence-electron chi connectivity index (χ4n) is 3.30. The standard InChI is InChI=1S/C18H15NO4S/c1-23-15-7-10-4-5-19-13(18(21)22)8-12(16-3-2-6-24-16)17(19)11(10)9-14(15)20/h2-3,6-9,20H,4-5H2,1H3,(H,21,22). The highest BCUT2D eigenvalue weighted by atomic mass is 32.1. The predicted molar refractivity (Wildman–Crippen MR) is 92.1 cm³/mol. The third-order valence-electron chi connectivity index (χ3n) is 4.37. The Balaban J connectivity index is 2.02. The number of aryl methyl sites for hydroxylation is 1. The lowest BCUT2D eigenvalue weighted by Gasteiger charge is -2.22. The van der Waals surface area contributed by atoms with E-state index < -0.39 is 5.97 Å². The highest BCUT2D eigenvalue weighted by molar-refractivity contribution is 7.13. The van der Waals surface area contributed by atoms with Gasteiger partial charge in [-0.25, -0.2) is 4.79 Å². The zero-order valence-electron chi connectivity index (χ0n) is 12.9. The normalized spacial score (nSPS) is 12.5. The number of ether oxygens (including phenoxy) is 1. The second-order valence-corrected chi connectivity index (χ2v) is 6.60. The van der Waals surface area contributed by atoms with Crippen molar-refractivity contribution in [2.24, 2.45) is 0 Å². The number of aromatic hydroxyl groups is 1. The summed E-state index contributed by atoms with van der Waals surface area (Å²) in [6.45, 7) is 0.587. The van der Waals surface area contributed by atoms with Crippen molar-refractivity contribution in [1.82, 2.24) is 4.57 Å². The second-order valence-electron chi connectivity index (χ2n) is 5.66. The quantitative estimate of drug-likeness (QED) is 0.759. The topological polar surface area (TPSA) is 71.7 Å². The number of hydrogen-bond donors (Lipinski definition) is 2. The van der Waals surface area contributed by atoms with E-state index >= 15 is 0 Å². The van der Waals surface area contributed by atoms with E-state index in [4.69, 9.17) is 4.74 Å². The summed E-state index contributed by atoms with van der Waals surface area (Å²) in [7, 11) is 1.52. The first kappa shape index (κ1) is 14.8. The van der Waals surface area contributed by atoms with Gasteiger partial charge >= 0.3 is 5.97 Å². The van der Waals surface area contributed by atoms with E-state index in [9.17, 15) is 15.0 Å². The number of benzene rings is 1. The lowest BCUT2D eigenvalue weighted by atomic mass is 9.95. The summed E-state index contributed by atoms with van der Waals surface area (Å²) < 4.78 is 7.02. The molecular formula is C18H15NO4S.